The van der Waals surface area contributed by atoms with Crippen LogP contribution in [-0.4, -0.2) is 12.1 Å². The average molecular weight is 230 g/mol. The van der Waals surface area contributed by atoms with Crippen LogP contribution in [0.5, 0.6) is 0 Å². The fourth-order valence-corrected chi connectivity index (χ4v) is 2.92. The Hall–Kier alpha value is -1.44. The van der Waals surface area contributed by atoms with Crippen LogP contribution >= 0.6 is 0 Å². The number of hydrogen-bond acceptors (Lipinski definition) is 2. The van der Waals surface area contributed by atoms with Crippen LogP contribution in [0.25, 0.3) is 0 Å². The predicted molar refractivity (Wildman–Crippen MR) is 67.5 cm³/mol. The zero-order valence-corrected chi connectivity index (χ0v) is 10.5. The topological polar surface area (TPSA) is 34.1 Å². The molecule has 90 valence electrons. The Bertz CT molecular complexity index is 454. The first-order valence-electron chi connectivity index (χ1n) is 6.06. The largest absolute Gasteiger partial charge is 0.298 e. The van der Waals surface area contributed by atoms with Gasteiger partial charge >= 0.3 is 0 Å². The standard InChI is InChI=1S/C15H18O2/c1-10(9-16)12-4-6-15(3)7-5-14(17)11(2)13(15)8-12/h5,7,9,12H,1,4,6,8H2,2-3H3/t12-,15+/m1/s1. The van der Waals surface area contributed by atoms with Crippen molar-refractivity contribution in [3.8, 4) is 0 Å². The van der Waals surface area contributed by atoms with Crippen molar-refractivity contribution < 1.29 is 9.59 Å². The third-order valence-corrected chi connectivity index (χ3v) is 4.25. The molecule has 0 aromatic rings. The van der Waals surface area contributed by atoms with Crippen LogP contribution in [0.3, 0.4) is 0 Å². The Morgan fingerprint density at radius 2 is 2.29 bits per heavy atom. The summed E-state index contributed by atoms with van der Waals surface area (Å²) in [6.07, 6.45) is 7.33. The minimum Gasteiger partial charge on any atom is -0.298 e. The van der Waals surface area contributed by atoms with E-state index in [1.807, 2.05) is 13.0 Å². The zero-order chi connectivity index (χ0) is 12.6. The quantitative estimate of drug-likeness (QED) is 0.540. The second kappa shape index (κ2) is 4.10. The number of ketones is 1. The SMILES string of the molecule is C=C(C=O)[C@@H]1CC[C@@]2(C)C=CC(=O)C(C)=C2C1. The molecule has 1 fully saturated rings. The van der Waals surface area contributed by atoms with Crippen molar-refractivity contribution >= 4 is 12.1 Å². The molecule has 0 radical (unpaired) electrons. The minimum absolute atomic E-state index is 0.0116. The number of allylic oxidation sites excluding steroid dienone is 5. The molecule has 0 unspecified atom stereocenters. The van der Waals surface area contributed by atoms with Crippen molar-refractivity contribution in [3.63, 3.8) is 0 Å². The average Bonchev–Trinajstić information content (AvgIpc) is 2.33. The lowest BCUT2D eigenvalue weighted by molar-refractivity contribution is -0.111. The second-order valence-electron chi connectivity index (χ2n) is 5.35. The molecule has 17 heavy (non-hydrogen) atoms. The van der Waals surface area contributed by atoms with E-state index in [1.165, 1.54) is 5.57 Å². The maximum atomic E-state index is 11.7. The molecule has 0 spiro atoms. The summed E-state index contributed by atoms with van der Waals surface area (Å²) in [5.74, 6) is 0.319. The molecule has 0 heterocycles. The molecule has 0 bridgehead atoms. The molecule has 0 N–H and O–H groups in total. The molecule has 2 heteroatoms. The van der Waals surface area contributed by atoms with E-state index in [2.05, 4.69) is 13.5 Å². The van der Waals surface area contributed by atoms with Crippen LogP contribution in [0.1, 0.15) is 33.1 Å². The van der Waals surface area contributed by atoms with Crippen molar-refractivity contribution in [1.82, 2.24) is 0 Å². The molecule has 0 aromatic carbocycles. The number of carbonyl (C=O) groups is 2. The Kier molecular flexibility index (Phi) is 2.90. The maximum absolute atomic E-state index is 11.7. The molecule has 0 saturated heterocycles. The van der Waals surface area contributed by atoms with Gasteiger partial charge in [-0.2, -0.15) is 0 Å². The molecule has 2 aliphatic rings. The van der Waals surface area contributed by atoms with Gasteiger partial charge in [0.1, 0.15) is 6.29 Å². The monoisotopic (exact) mass is 230 g/mol. The summed E-state index contributed by atoms with van der Waals surface area (Å²) in [6, 6.07) is 0. The lowest BCUT2D eigenvalue weighted by Crippen LogP contribution is -2.31. The van der Waals surface area contributed by atoms with E-state index in [0.717, 1.165) is 31.1 Å². The van der Waals surface area contributed by atoms with Crippen LogP contribution < -0.4 is 0 Å². The van der Waals surface area contributed by atoms with Crippen LogP contribution in [0, 0.1) is 11.3 Å². The van der Waals surface area contributed by atoms with Gasteiger partial charge in [-0.05, 0) is 49.3 Å². The molecule has 2 nitrogen and oxygen atoms in total. The van der Waals surface area contributed by atoms with Crippen molar-refractivity contribution in [2.75, 3.05) is 0 Å². The van der Waals surface area contributed by atoms with Gasteiger partial charge in [-0.3, -0.25) is 9.59 Å². The minimum atomic E-state index is 0.0116. The van der Waals surface area contributed by atoms with E-state index in [-0.39, 0.29) is 17.1 Å². The normalized spacial score (nSPS) is 32.4. The van der Waals surface area contributed by atoms with Gasteiger partial charge in [-0.1, -0.05) is 25.2 Å². The number of rotatable bonds is 2. The van der Waals surface area contributed by atoms with Gasteiger partial charge in [0, 0.05) is 5.41 Å². The highest BCUT2D eigenvalue weighted by molar-refractivity contribution is 6.05. The molecule has 2 aliphatic carbocycles. The summed E-state index contributed by atoms with van der Waals surface area (Å²) in [5.41, 5.74) is 2.73. The highest BCUT2D eigenvalue weighted by Crippen LogP contribution is 2.48. The van der Waals surface area contributed by atoms with E-state index >= 15 is 0 Å². The second-order valence-corrected chi connectivity index (χ2v) is 5.35. The fraction of sp³-hybridized carbons (Fsp3) is 0.467. The first-order chi connectivity index (χ1) is 7.98. The van der Waals surface area contributed by atoms with Gasteiger partial charge in [-0.25, -0.2) is 0 Å². The molecule has 1 saturated carbocycles. The van der Waals surface area contributed by atoms with Crippen molar-refractivity contribution in [3.05, 3.63) is 35.5 Å². The van der Waals surface area contributed by atoms with Crippen molar-refractivity contribution in [1.29, 1.82) is 0 Å². The Labute approximate surface area is 102 Å². The first kappa shape index (κ1) is 12.0. The van der Waals surface area contributed by atoms with E-state index in [4.69, 9.17) is 0 Å². The van der Waals surface area contributed by atoms with E-state index in [1.54, 1.807) is 6.08 Å². The Morgan fingerprint density at radius 3 is 2.94 bits per heavy atom. The highest BCUT2D eigenvalue weighted by atomic mass is 16.1. The lowest BCUT2D eigenvalue weighted by atomic mass is 9.63. The Morgan fingerprint density at radius 1 is 1.59 bits per heavy atom. The summed E-state index contributed by atoms with van der Waals surface area (Å²) in [4.78, 5) is 22.5. The summed E-state index contributed by atoms with van der Waals surface area (Å²) in [6.45, 7) is 7.88. The predicted octanol–water partition coefficient (Wildman–Crippen LogP) is 3.00. The summed E-state index contributed by atoms with van der Waals surface area (Å²) in [5, 5.41) is 0. The van der Waals surface area contributed by atoms with Crippen LogP contribution in [0.2, 0.25) is 0 Å². The van der Waals surface area contributed by atoms with Crippen molar-refractivity contribution in [2.45, 2.75) is 33.1 Å². The molecule has 0 amide bonds. The molecule has 2 atom stereocenters. The third-order valence-electron chi connectivity index (χ3n) is 4.25. The van der Waals surface area contributed by atoms with Gasteiger partial charge < -0.3 is 0 Å². The first-order valence-corrected chi connectivity index (χ1v) is 6.06. The van der Waals surface area contributed by atoms with E-state index in [0.29, 0.717) is 5.57 Å². The van der Waals surface area contributed by atoms with Gasteiger partial charge in [0.25, 0.3) is 0 Å². The number of aldehydes is 1. The molecular formula is C15H18O2. The molecule has 0 aromatic heterocycles. The summed E-state index contributed by atoms with van der Waals surface area (Å²) >= 11 is 0. The number of fused-ring (bicyclic) bond motifs is 1. The third kappa shape index (κ3) is 1.92. The smallest absolute Gasteiger partial charge is 0.181 e. The van der Waals surface area contributed by atoms with Gasteiger partial charge in [-0.15, -0.1) is 0 Å². The number of hydrogen-bond donors (Lipinski definition) is 0. The van der Waals surface area contributed by atoms with Crippen LogP contribution in [0.4, 0.5) is 0 Å². The lowest BCUT2D eigenvalue weighted by Gasteiger charge is -2.40. The van der Waals surface area contributed by atoms with Crippen LogP contribution in [0.15, 0.2) is 35.5 Å². The van der Waals surface area contributed by atoms with Gasteiger partial charge in [0.05, 0.1) is 0 Å². The number of carbonyl (C=O) groups excluding carboxylic acids is 2. The van der Waals surface area contributed by atoms with E-state index in [9.17, 15) is 9.59 Å². The van der Waals surface area contributed by atoms with Crippen LogP contribution in [-0.2, 0) is 9.59 Å². The highest BCUT2D eigenvalue weighted by Gasteiger charge is 2.38. The van der Waals surface area contributed by atoms with Gasteiger partial charge in [0.15, 0.2) is 5.78 Å². The molecular weight excluding hydrogens is 212 g/mol. The summed E-state index contributed by atoms with van der Waals surface area (Å²) in [7, 11) is 0. The molecule has 2 rings (SSSR count). The maximum Gasteiger partial charge on any atom is 0.181 e. The van der Waals surface area contributed by atoms with Gasteiger partial charge in [0.2, 0.25) is 0 Å². The molecule has 0 aliphatic heterocycles. The Balaban J connectivity index is 2.34. The van der Waals surface area contributed by atoms with E-state index < -0.39 is 0 Å². The fourth-order valence-electron chi connectivity index (χ4n) is 2.92. The summed E-state index contributed by atoms with van der Waals surface area (Å²) < 4.78 is 0. The zero-order valence-electron chi connectivity index (χ0n) is 10.5. The van der Waals surface area contributed by atoms with Crippen molar-refractivity contribution in [2.24, 2.45) is 11.3 Å².